The maximum absolute atomic E-state index is 12.8. The molecular weight excluding hydrogens is 541 g/mol. The van der Waals surface area contributed by atoms with Crippen LogP contribution in [-0.2, 0) is 0 Å². The van der Waals surface area contributed by atoms with Crippen LogP contribution in [-0.4, -0.2) is 23.1 Å². The second kappa shape index (κ2) is 9.95. The molecular formula is C26H16Cl3N3O3S. The highest BCUT2D eigenvalue weighted by molar-refractivity contribution is 7.80. The van der Waals surface area contributed by atoms with Crippen molar-refractivity contribution in [1.29, 1.82) is 0 Å². The quantitative estimate of drug-likeness (QED) is 0.221. The zero-order valence-electron chi connectivity index (χ0n) is 18.6. The van der Waals surface area contributed by atoms with Gasteiger partial charge in [-0.1, -0.05) is 59.1 Å². The standard InChI is InChI=1S/C26H16Cl3N3O3S/c1-34-23-18(10-13(27)11-20(23)29)24(33)32-26(36)30-14-8-9-22-21(12-14)31-25(35-22)17-6-2-5-16-15(17)4-3-7-19(16)28/h2-12H,1H3,(H2,30,32,33,36). The molecule has 0 atom stereocenters. The summed E-state index contributed by atoms with van der Waals surface area (Å²) in [6, 6.07) is 19.8. The minimum absolute atomic E-state index is 0.0740. The van der Waals surface area contributed by atoms with Gasteiger partial charge in [-0.25, -0.2) is 4.98 Å². The summed E-state index contributed by atoms with van der Waals surface area (Å²) in [4.78, 5) is 17.4. The molecule has 1 amide bonds. The fourth-order valence-corrected chi connectivity index (χ4v) is 4.87. The average molecular weight is 557 g/mol. The van der Waals surface area contributed by atoms with Gasteiger partial charge in [0.2, 0.25) is 5.89 Å². The largest absolute Gasteiger partial charge is 0.494 e. The monoisotopic (exact) mass is 555 g/mol. The summed E-state index contributed by atoms with van der Waals surface area (Å²) in [5.41, 5.74) is 2.82. The van der Waals surface area contributed by atoms with Crippen LogP contribution >= 0.6 is 47.0 Å². The van der Waals surface area contributed by atoms with E-state index in [9.17, 15) is 4.79 Å². The lowest BCUT2D eigenvalue weighted by molar-refractivity contribution is 0.0974. The molecule has 5 aromatic rings. The van der Waals surface area contributed by atoms with Crippen LogP contribution in [0.25, 0.3) is 33.3 Å². The molecule has 2 N–H and O–H groups in total. The van der Waals surface area contributed by atoms with Gasteiger partial charge in [0.1, 0.15) is 11.3 Å². The number of oxazole rings is 1. The van der Waals surface area contributed by atoms with E-state index in [0.717, 1.165) is 16.3 Å². The number of carbonyl (C=O) groups is 1. The molecule has 0 spiro atoms. The maximum Gasteiger partial charge on any atom is 0.261 e. The van der Waals surface area contributed by atoms with Gasteiger partial charge < -0.3 is 14.5 Å². The molecule has 36 heavy (non-hydrogen) atoms. The Morgan fingerprint density at radius 3 is 2.56 bits per heavy atom. The van der Waals surface area contributed by atoms with Gasteiger partial charge in [0.25, 0.3) is 5.91 Å². The fraction of sp³-hybridized carbons (Fsp3) is 0.0385. The molecule has 0 aliphatic heterocycles. The summed E-state index contributed by atoms with van der Waals surface area (Å²) < 4.78 is 11.2. The van der Waals surface area contributed by atoms with Crippen LogP contribution in [0.15, 0.2) is 71.1 Å². The lowest BCUT2D eigenvalue weighted by atomic mass is 10.0. The Morgan fingerprint density at radius 2 is 1.75 bits per heavy atom. The number of thiocarbonyl (C=S) groups is 1. The summed E-state index contributed by atoms with van der Waals surface area (Å²) in [5, 5.41) is 8.69. The summed E-state index contributed by atoms with van der Waals surface area (Å²) in [6.07, 6.45) is 0. The van der Waals surface area contributed by atoms with E-state index in [1.165, 1.54) is 19.2 Å². The Hall–Kier alpha value is -3.36. The third kappa shape index (κ3) is 4.70. The highest BCUT2D eigenvalue weighted by Crippen LogP contribution is 2.34. The van der Waals surface area contributed by atoms with E-state index in [0.29, 0.717) is 32.7 Å². The first kappa shape index (κ1) is 24.3. The van der Waals surface area contributed by atoms with Crippen LogP contribution in [0.3, 0.4) is 0 Å². The lowest BCUT2D eigenvalue weighted by Gasteiger charge is -2.13. The lowest BCUT2D eigenvalue weighted by Crippen LogP contribution is -2.34. The first-order valence-electron chi connectivity index (χ1n) is 10.6. The number of benzene rings is 4. The number of rotatable bonds is 4. The van der Waals surface area contributed by atoms with Crippen LogP contribution in [0.1, 0.15) is 10.4 Å². The number of ether oxygens (including phenoxy) is 1. The molecule has 1 heterocycles. The molecule has 0 saturated heterocycles. The van der Waals surface area contributed by atoms with Gasteiger partial charge in [0, 0.05) is 26.7 Å². The number of fused-ring (bicyclic) bond motifs is 2. The minimum Gasteiger partial charge on any atom is -0.494 e. The van der Waals surface area contributed by atoms with E-state index in [-0.39, 0.29) is 21.4 Å². The van der Waals surface area contributed by atoms with Crippen molar-refractivity contribution in [3.63, 3.8) is 0 Å². The number of amides is 1. The minimum atomic E-state index is -0.520. The van der Waals surface area contributed by atoms with E-state index < -0.39 is 5.91 Å². The zero-order chi connectivity index (χ0) is 25.4. The second-order valence-corrected chi connectivity index (χ2v) is 9.38. The van der Waals surface area contributed by atoms with Gasteiger partial charge in [0.15, 0.2) is 10.7 Å². The molecule has 10 heteroatoms. The number of anilines is 1. The van der Waals surface area contributed by atoms with Gasteiger partial charge >= 0.3 is 0 Å². The van der Waals surface area contributed by atoms with Gasteiger partial charge in [-0.3, -0.25) is 10.1 Å². The van der Waals surface area contributed by atoms with Crippen LogP contribution in [0.4, 0.5) is 5.69 Å². The van der Waals surface area contributed by atoms with E-state index in [4.69, 9.17) is 56.2 Å². The number of hydrogen-bond donors (Lipinski definition) is 2. The molecule has 0 bridgehead atoms. The predicted octanol–water partition coefficient (Wildman–Crippen LogP) is 7.74. The van der Waals surface area contributed by atoms with E-state index in [1.54, 1.807) is 18.2 Å². The number of nitrogens with zero attached hydrogens (tertiary/aromatic N) is 1. The van der Waals surface area contributed by atoms with Gasteiger partial charge in [-0.05, 0) is 60.1 Å². The molecule has 1 aromatic heterocycles. The van der Waals surface area contributed by atoms with Crippen molar-refractivity contribution in [2.45, 2.75) is 0 Å². The van der Waals surface area contributed by atoms with E-state index in [2.05, 4.69) is 15.6 Å². The molecule has 0 aliphatic carbocycles. The molecule has 0 radical (unpaired) electrons. The Bertz CT molecular complexity index is 1670. The van der Waals surface area contributed by atoms with Crippen molar-refractivity contribution in [2.75, 3.05) is 12.4 Å². The summed E-state index contributed by atoms with van der Waals surface area (Å²) in [5.74, 6) is 0.150. The SMILES string of the molecule is COc1c(Cl)cc(Cl)cc1C(=O)NC(=S)Nc1ccc2oc(-c3cccc4c(Cl)cccc34)nc2c1. The average Bonchev–Trinajstić information content (AvgIpc) is 3.26. The Kier molecular flexibility index (Phi) is 6.73. The third-order valence-electron chi connectivity index (χ3n) is 5.43. The van der Waals surface area contributed by atoms with Gasteiger partial charge in [-0.2, -0.15) is 0 Å². The van der Waals surface area contributed by atoms with Crippen molar-refractivity contribution >= 4 is 85.6 Å². The van der Waals surface area contributed by atoms with Crippen molar-refractivity contribution < 1.29 is 13.9 Å². The highest BCUT2D eigenvalue weighted by Gasteiger charge is 2.18. The van der Waals surface area contributed by atoms with Crippen molar-refractivity contribution in [3.05, 3.63) is 87.4 Å². The van der Waals surface area contributed by atoms with Gasteiger partial charge in [0.05, 0.1) is 17.7 Å². The number of methoxy groups -OCH3 is 1. The van der Waals surface area contributed by atoms with Gasteiger partial charge in [-0.15, -0.1) is 0 Å². The Morgan fingerprint density at radius 1 is 0.972 bits per heavy atom. The number of aromatic nitrogens is 1. The first-order valence-corrected chi connectivity index (χ1v) is 12.1. The molecule has 6 nitrogen and oxygen atoms in total. The van der Waals surface area contributed by atoms with Crippen LogP contribution in [0, 0.1) is 0 Å². The number of nitrogens with one attached hydrogen (secondary N) is 2. The summed E-state index contributed by atoms with van der Waals surface area (Å²) in [7, 11) is 1.41. The first-order chi connectivity index (χ1) is 17.3. The van der Waals surface area contributed by atoms with Crippen molar-refractivity contribution in [1.82, 2.24) is 10.3 Å². The smallest absolute Gasteiger partial charge is 0.261 e. The molecule has 0 fully saturated rings. The molecule has 0 unspecified atom stereocenters. The molecule has 180 valence electrons. The molecule has 5 rings (SSSR count). The Labute approximate surface area is 226 Å². The predicted molar refractivity (Wildman–Crippen MR) is 149 cm³/mol. The van der Waals surface area contributed by atoms with E-state index in [1.807, 2.05) is 36.4 Å². The van der Waals surface area contributed by atoms with E-state index >= 15 is 0 Å². The topological polar surface area (TPSA) is 76.4 Å². The summed E-state index contributed by atoms with van der Waals surface area (Å²) >= 11 is 23.8. The number of hydrogen-bond acceptors (Lipinski definition) is 5. The highest BCUT2D eigenvalue weighted by atomic mass is 35.5. The normalized spacial score (nSPS) is 11.0. The summed E-state index contributed by atoms with van der Waals surface area (Å²) in [6.45, 7) is 0. The number of halogens is 3. The Balaban J connectivity index is 1.38. The molecule has 0 saturated carbocycles. The van der Waals surface area contributed by atoms with Crippen LogP contribution in [0.5, 0.6) is 5.75 Å². The maximum atomic E-state index is 12.8. The molecule has 4 aromatic carbocycles. The van der Waals surface area contributed by atoms with Crippen molar-refractivity contribution in [2.24, 2.45) is 0 Å². The second-order valence-electron chi connectivity index (χ2n) is 7.72. The number of carbonyl (C=O) groups excluding carboxylic acids is 1. The fourth-order valence-electron chi connectivity index (χ4n) is 3.85. The zero-order valence-corrected chi connectivity index (χ0v) is 21.6. The van der Waals surface area contributed by atoms with Crippen LogP contribution in [0.2, 0.25) is 15.1 Å². The van der Waals surface area contributed by atoms with Crippen molar-refractivity contribution in [3.8, 4) is 17.2 Å². The third-order valence-corrected chi connectivity index (χ3v) is 6.46. The molecule has 0 aliphatic rings. The van der Waals surface area contributed by atoms with Crippen LogP contribution < -0.4 is 15.4 Å².